The Balaban J connectivity index is 1.56. The molecule has 2 aromatic heterocycles. The third-order valence-electron chi connectivity index (χ3n) is 3.52. The zero-order chi connectivity index (χ0) is 12.7. The van der Waals surface area contributed by atoms with E-state index in [-0.39, 0.29) is 0 Å². The maximum atomic E-state index is 5.41. The molecule has 3 aromatic rings. The van der Waals surface area contributed by atoms with Crippen molar-refractivity contribution in [1.82, 2.24) is 10.1 Å². The van der Waals surface area contributed by atoms with Crippen LogP contribution in [-0.2, 0) is 0 Å². The third kappa shape index (κ3) is 1.98. The molecule has 0 spiro atoms. The first-order chi connectivity index (χ1) is 9.42. The van der Waals surface area contributed by atoms with Crippen LogP contribution in [0.25, 0.3) is 10.7 Å². The van der Waals surface area contributed by atoms with Crippen LogP contribution in [0.15, 0.2) is 52.4 Å². The monoisotopic (exact) mass is 268 g/mol. The first kappa shape index (κ1) is 10.9. The van der Waals surface area contributed by atoms with Gasteiger partial charge < -0.3 is 4.52 Å². The second kappa shape index (κ2) is 4.31. The molecule has 0 amide bonds. The van der Waals surface area contributed by atoms with Crippen molar-refractivity contribution in [2.75, 3.05) is 0 Å². The highest BCUT2D eigenvalue weighted by Gasteiger charge is 2.43. The standard InChI is InChI=1S/C15H12N2OS/c1-2-5-10(6-3-1)11-9-12(11)15-16-14(17-18-15)13-7-4-8-19-13/h1-8,11-12H,9H2. The fourth-order valence-electron chi connectivity index (χ4n) is 2.43. The van der Waals surface area contributed by atoms with E-state index in [1.165, 1.54) is 5.56 Å². The van der Waals surface area contributed by atoms with E-state index in [4.69, 9.17) is 4.52 Å². The number of hydrogen-bond acceptors (Lipinski definition) is 4. The molecule has 3 nitrogen and oxygen atoms in total. The lowest BCUT2D eigenvalue weighted by molar-refractivity contribution is 0.378. The highest BCUT2D eigenvalue weighted by atomic mass is 32.1. The average molecular weight is 268 g/mol. The van der Waals surface area contributed by atoms with Crippen molar-refractivity contribution in [1.29, 1.82) is 0 Å². The van der Waals surface area contributed by atoms with Crippen LogP contribution in [0.1, 0.15) is 29.7 Å². The summed E-state index contributed by atoms with van der Waals surface area (Å²) in [7, 11) is 0. The Kier molecular flexibility index (Phi) is 2.48. The van der Waals surface area contributed by atoms with E-state index in [1.54, 1.807) is 11.3 Å². The minimum Gasteiger partial charge on any atom is -0.339 e. The lowest BCUT2D eigenvalue weighted by atomic mass is 10.1. The van der Waals surface area contributed by atoms with E-state index in [0.717, 1.165) is 17.2 Å². The molecule has 94 valence electrons. The van der Waals surface area contributed by atoms with Crippen LogP contribution < -0.4 is 0 Å². The van der Waals surface area contributed by atoms with Gasteiger partial charge in [0.05, 0.1) is 4.88 Å². The summed E-state index contributed by atoms with van der Waals surface area (Å²) in [6, 6.07) is 14.6. The fourth-order valence-corrected chi connectivity index (χ4v) is 3.08. The molecular formula is C15H12N2OS. The first-order valence-electron chi connectivity index (χ1n) is 6.34. The van der Waals surface area contributed by atoms with Crippen molar-refractivity contribution in [3.05, 3.63) is 59.3 Å². The Morgan fingerprint density at radius 3 is 2.74 bits per heavy atom. The quantitative estimate of drug-likeness (QED) is 0.718. The van der Waals surface area contributed by atoms with Crippen LogP contribution >= 0.6 is 11.3 Å². The van der Waals surface area contributed by atoms with Gasteiger partial charge in [-0.05, 0) is 29.3 Å². The molecule has 1 saturated carbocycles. The second-order valence-corrected chi connectivity index (χ2v) is 5.74. The van der Waals surface area contributed by atoms with Gasteiger partial charge in [0.2, 0.25) is 11.7 Å². The normalized spacial score (nSPS) is 21.5. The molecule has 19 heavy (non-hydrogen) atoms. The van der Waals surface area contributed by atoms with Crippen LogP contribution in [0, 0.1) is 0 Å². The van der Waals surface area contributed by atoms with Crippen LogP contribution in [0.5, 0.6) is 0 Å². The number of benzene rings is 1. The summed E-state index contributed by atoms with van der Waals surface area (Å²) >= 11 is 1.63. The molecule has 2 unspecified atom stereocenters. The number of thiophene rings is 1. The summed E-state index contributed by atoms with van der Waals surface area (Å²) in [6.07, 6.45) is 1.11. The summed E-state index contributed by atoms with van der Waals surface area (Å²) in [5.41, 5.74) is 1.36. The molecule has 0 bridgehead atoms. The van der Waals surface area contributed by atoms with Gasteiger partial charge in [0.15, 0.2) is 0 Å². The van der Waals surface area contributed by atoms with Gasteiger partial charge in [0, 0.05) is 5.92 Å². The molecule has 2 heterocycles. The van der Waals surface area contributed by atoms with Crippen LogP contribution in [0.4, 0.5) is 0 Å². The van der Waals surface area contributed by atoms with Gasteiger partial charge in [-0.2, -0.15) is 4.98 Å². The molecular weight excluding hydrogens is 256 g/mol. The van der Waals surface area contributed by atoms with Crippen molar-refractivity contribution in [3.8, 4) is 10.7 Å². The number of rotatable bonds is 3. The lowest BCUT2D eigenvalue weighted by Crippen LogP contribution is -1.84. The Morgan fingerprint density at radius 2 is 1.95 bits per heavy atom. The van der Waals surface area contributed by atoms with E-state index in [1.807, 2.05) is 23.6 Å². The summed E-state index contributed by atoms with van der Waals surface area (Å²) < 4.78 is 5.41. The Bertz CT molecular complexity index is 675. The van der Waals surface area contributed by atoms with Crippen LogP contribution in [-0.4, -0.2) is 10.1 Å². The molecule has 0 radical (unpaired) electrons. The molecule has 1 aliphatic rings. The van der Waals surface area contributed by atoms with Gasteiger partial charge in [-0.15, -0.1) is 11.3 Å². The molecule has 0 N–H and O–H groups in total. The van der Waals surface area contributed by atoms with Gasteiger partial charge in [-0.25, -0.2) is 0 Å². The molecule has 1 fully saturated rings. The highest BCUT2D eigenvalue weighted by molar-refractivity contribution is 7.13. The van der Waals surface area contributed by atoms with Crippen LogP contribution in [0.2, 0.25) is 0 Å². The Morgan fingerprint density at radius 1 is 1.05 bits per heavy atom. The molecule has 2 atom stereocenters. The predicted octanol–water partition coefficient (Wildman–Crippen LogP) is 4.07. The van der Waals surface area contributed by atoms with E-state index >= 15 is 0 Å². The number of hydrogen-bond donors (Lipinski definition) is 0. The van der Waals surface area contributed by atoms with Gasteiger partial charge in [0.25, 0.3) is 0 Å². The fraction of sp³-hybridized carbons (Fsp3) is 0.200. The Hall–Kier alpha value is -1.94. The summed E-state index contributed by atoms with van der Waals surface area (Å²) in [6.45, 7) is 0. The summed E-state index contributed by atoms with van der Waals surface area (Å²) in [5.74, 6) is 2.42. The van der Waals surface area contributed by atoms with Crippen molar-refractivity contribution >= 4 is 11.3 Å². The SMILES string of the molecule is c1ccc(C2CC2c2nc(-c3cccs3)no2)cc1. The van der Waals surface area contributed by atoms with Gasteiger partial charge in [-0.1, -0.05) is 41.6 Å². The molecule has 0 aliphatic heterocycles. The van der Waals surface area contributed by atoms with E-state index in [2.05, 4.69) is 34.4 Å². The lowest BCUT2D eigenvalue weighted by Gasteiger charge is -1.96. The molecule has 4 heteroatoms. The number of nitrogens with zero attached hydrogens (tertiary/aromatic N) is 2. The van der Waals surface area contributed by atoms with Gasteiger partial charge in [0.1, 0.15) is 0 Å². The molecule has 4 rings (SSSR count). The van der Waals surface area contributed by atoms with Crippen molar-refractivity contribution in [2.24, 2.45) is 0 Å². The zero-order valence-electron chi connectivity index (χ0n) is 10.2. The maximum absolute atomic E-state index is 5.41. The number of aromatic nitrogens is 2. The van der Waals surface area contributed by atoms with E-state index in [0.29, 0.717) is 17.7 Å². The zero-order valence-corrected chi connectivity index (χ0v) is 11.0. The van der Waals surface area contributed by atoms with E-state index < -0.39 is 0 Å². The molecule has 1 aromatic carbocycles. The average Bonchev–Trinajstić information content (AvgIpc) is 2.90. The highest BCUT2D eigenvalue weighted by Crippen LogP contribution is 2.54. The Labute approximate surface area is 114 Å². The van der Waals surface area contributed by atoms with Crippen LogP contribution in [0.3, 0.4) is 0 Å². The summed E-state index contributed by atoms with van der Waals surface area (Å²) in [4.78, 5) is 5.59. The van der Waals surface area contributed by atoms with Crippen molar-refractivity contribution in [3.63, 3.8) is 0 Å². The van der Waals surface area contributed by atoms with Crippen molar-refractivity contribution in [2.45, 2.75) is 18.3 Å². The minimum absolute atomic E-state index is 0.392. The first-order valence-corrected chi connectivity index (χ1v) is 7.22. The largest absolute Gasteiger partial charge is 0.339 e. The second-order valence-electron chi connectivity index (χ2n) is 4.79. The molecule has 1 aliphatic carbocycles. The topological polar surface area (TPSA) is 38.9 Å². The minimum atomic E-state index is 0.392. The summed E-state index contributed by atoms with van der Waals surface area (Å²) in [5, 5.41) is 6.10. The van der Waals surface area contributed by atoms with Crippen molar-refractivity contribution < 1.29 is 4.52 Å². The predicted molar refractivity (Wildman–Crippen MR) is 74.2 cm³/mol. The smallest absolute Gasteiger partial charge is 0.230 e. The third-order valence-corrected chi connectivity index (χ3v) is 4.38. The van der Waals surface area contributed by atoms with E-state index in [9.17, 15) is 0 Å². The van der Waals surface area contributed by atoms with Gasteiger partial charge in [-0.3, -0.25) is 0 Å². The maximum Gasteiger partial charge on any atom is 0.230 e. The molecule has 0 saturated heterocycles. The van der Waals surface area contributed by atoms with Gasteiger partial charge >= 0.3 is 0 Å².